The minimum atomic E-state index is -0.413. The first-order valence-corrected chi connectivity index (χ1v) is 7.93. The molecule has 0 spiro atoms. The molecule has 1 unspecified atom stereocenters. The lowest BCUT2D eigenvalue weighted by molar-refractivity contribution is 0.109. The van der Waals surface area contributed by atoms with Gasteiger partial charge in [-0.25, -0.2) is 4.79 Å². The fourth-order valence-electron chi connectivity index (χ4n) is 2.05. The Labute approximate surface area is 139 Å². The molecule has 0 fully saturated rings. The quantitative estimate of drug-likeness (QED) is 0.394. The molecule has 122 valence electrons. The summed E-state index contributed by atoms with van der Waals surface area (Å²) in [4.78, 5) is 13.9. The van der Waals surface area contributed by atoms with Crippen molar-refractivity contribution < 1.29 is 9.53 Å². The second kappa shape index (κ2) is 11.1. The van der Waals surface area contributed by atoms with Gasteiger partial charge < -0.3 is 4.74 Å². The predicted octanol–water partition coefficient (Wildman–Crippen LogP) is 4.73. The molecule has 0 aliphatic rings. The highest BCUT2D eigenvalue weighted by molar-refractivity contribution is 5.69. The number of unbranched alkanes of at least 4 members (excludes halogenated alkanes) is 2. The maximum atomic E-state index is 12.3. The summed E-state index contributed by atoms with van der Waals surface area (Å²) < 4.78 is 5.19. The fourth-order valence-corrected chi connectivity index (χ4v) is 2.05. The second-order valence-corrected chi connectivity index (χ2v) is 5.04. The molecule has 23 heavy (non-hydrogen) atoms. The van der Waals surface area contributed by atoms with Crippen molar-refractivity contribution in [3.63, 3.8) is 0 Å². The lowest BCUT2D eigenvalue weighted by Crippen LogP contribution is -2.35. The molecule has 1 aromatic rings. The van der Waals surface area contributed by atoms with Crippen LogP contribution in [0.15, 0.2) is 55.6 Å². The van der Waals surface area contributed by atoms with Crippen LogP contribution in [0.1, 0.15) is 37.8 Å². The van der Waals surface area contributed by atoms with Gasteiger partial charge >= 0.3 is 6.09 Å². The van der Waals surface area contributed by atoms with Crippen LogP contribution in [0.25, 0.3) is 0 Å². The van der Waals surface area contributed by atoms with Crippen LogP contribution in [0.3, 0.4) is 0 Å². The molecule has 0 aromatic heterocycles. The average Bonchev–Trinajstić information content (AvgIpc) is 2.59. The van der Waals surface area contributed by atoms with E-state index in [1.54, 1.807) is 17.1 Å². The molecule has 1 rings (SSSR count). The molecular formula is C20H25NO2. The molecule has 0 aliphatic heterocycles. The van der Waals surface area contributed by atoms with Crippen molar-refractivity contribution in [2.24, 2.45) is 0 Å². The molecule has 0 saturated carbocycles. The monoisotopic (exact) mass is 311 g/mol. The molecular weight excluding hydrogens is 286 g/mol. The Morgan fingerprint density at radius 1 is 1.30 bits per heavy atom. The van der Waals surface area contributed by atoms with E-state index in [-0.39, 0.29) is 12.6 Å². The number of hydrogen-bond donors (Lipinski definition) is 0. The summed E-state index contributed by atoms with van der Waals surface area (Å²) in [5.41, 5.74) is 0.967. The summed E-state index contributed by atoms with van der Waals surface area (Å²) in [6.07, 6.45) is 5.79. The molecule has 0 radical (unpaired) electrons. The number of carbonyl (C=O) groups excluding carboxylic acids is 1. The molecule has 3 nitrogen and oxygen atoms in total. The van der Waals surface area contributed by atoms with Gasteiger partial charge in [0.1, 0.15) is 12.6 Å². The maximum Gasteiger partial charge on any atom is 0.411 e. The average molecular weight is 311 g/mol. The van der Waals surface area contributed by atoms with E-state index >= 15 is 0 Å². The fraction of sp³-hybridized carbons (Fsp3) is 0.350. The molecule has 0 bridgehead atoms. The van der Waals surface area contributed by atoms with Crippen molar-refractivity contribution in [3.8, 4) is 11.8 Å². The van der Waals surface area contributed by atoms with Crippen molar-refractivity contribution in [1.29, 1.82) is 0 Å². The number of amides is 1. The van der Waals surface area contributed by atoms with Gasteiger partial charge in [0.05, 0.1) is 0 Å². The number of hydrogen-bond acceptors (Lipinski definition) is 2. The zero-order chi connectivity index (χ0) is 16.9. The second-order valence-electron chi connectivity index (χ2n) is 5.04. The van der Waals surface area contributed by atoms with E-state index in [9.17, 15) is 4.79 Å². The Bertz CT molecular complexity index is 554. The molecule has 1 amide bonds. The van der Waals surface area contributed by atoms with Gasteiger partial charge in [-0.2, -0.15) is 0 Å². The maximum absolute atomic E-state index is 12.3. The van der Waals surface area contributed by atoms with Gasteiger partial charge in [0.15, 0.2) is 0 Å². The largest absolute Gasteiger partial charge is 0.445 e. The minimum absolute atomic E-state index is 0.178. The van der Waals surface area contributed by atoms with Gasteiger partial charge in [-0.3, -0.25) is 4.90 Å². The highest BCUT2D eigenvalue weighted by atomic mass is 16.6. The van der Waals surface area contributed by atoms with E-state index in [1.807, 2.05) is 30.3 Å². The van der Waals surface area contributed by atoms with Gasteiger partial charge in [0, 0.05) is 13.0 Å². The molecule has 3 heteroatoms. The highest BCUT2D eigenvalue weighted by Gasteiger charge is 2.23. The van der Waals surface area contributed by atoms with Crippen LogP contribution in [0.4, 0.5) is 4.79 Å². The highest BCUT2D eigenvalue weighted by Crippen LogP contribution is 2.21. The van der Waals surface area contributed by atoms with Crippen molar-refractivity contribution in [3.05, 3.63) is 61.2 Å². The third-order valence-corrected chi connectivity index (χ3v) is 3.21. The van der Waals surface area contributed by atoms with Gasteiger partial charge in [-0.05, 0) is 12.0 Å². The van der Waals surface area contributed by atoms with Crippen LogP contribution in [-0.4, -0.2) is 24.1 Å². The molecule has 0 N–H and O–H groups in total. The SMILES string of the molecule is C=CCOC(=O)N(CC=C)C(C#CCCCC)c1ccccc1. The number of rotatable bonds is 8. The molecule has 0 saturated heterocycles. The van der Waals surface area contributed by atoms with Gasteiger partial charge in [0.2, 0.25) is 0 Å². The predicted molar refractivity (Wildman–Crippen MR) is 94.9 cm³/mol. The third-order valence-electron chi connectivity index (χ3n) is 3.21. The Balaban J connectivity index is 3.05. The smallest absolute Gasteiger partial charge is 0.411 e. The van der Waals surface area contributed by atoms with Crippen LogP contribution < -0.4 is 0 Å². The van der Waals surface area contributed by atoms with Gasteiger partial charge in [-0.1, -0.05) is 68.3 Å². The van der Waals surface area contributed by atoms with Crippen LogP contribution in [0.5, 0.6) is 0 Å². The lowest BCUT2D eigenvalue weighted by Gasteiger charge is -2.26. The Morgan fingerprint density at radius 2 is 2.04 bits per heavy atom. The van der Waals surface area contributed by atoms with E-state index < -0.39 is 6.09 Å². The molecule has 0 heterocycles. The van der Waals surface area contributed by atoms with Crippen LogP contribution in [-0.2, 0) is 4.74 Å². The Kier molecular flexibility index (Phi) is 9.00. The van der Waals surface area contributed by atoms with Gasteiger partial charge in [-0.15, -0.1) is 12.5 Å². The number of carbonyl (C=O) groups is 1. The van der Waals surface area contributed by atoms with E-state index in [2.05, 4.69) is 31.9 Å². The number of benzene rings is 1. The van der Waals surface area contributed by atoms with E-state index in [0.717, 1.165) is 24.8 Å². The number of nitrogens with zero attached hydrogens (tertiary/aromatic N) is 1. The summed E-state index contributed by atoms with van der Waals surface area (Å²) in [5.74, 6) is 6.40. The molecule has 0 aliphatic carbocycles. The first-order valence-electron chi connectivity index (χ1n) is 7.93. The summed E-state index contributed by atoms with van der Waals surface area (Å²) in [6.45, 7) is 9.98. The van der Waals surface area contributed by atoms with Crippen LogP contribution >= 0.6 is 0 Å². The molecule has 1 atom stereocenters. The van der Waals surface area contributed by atoms with Crippen LogP contribution in [0, 0.1) is 11.8 Å². The van der Waals surface area contributed by atoms with Crippen LogP contribution in [0.2, 0.25) is 0 Å². The lowest BCUT2D eigenvalue weighted by atomic mass is 10.1. The van der Waals surface area contributed by atoms with E-state index in [1.165, 1.54) is 0 Å². The Hall–Kier alpha value is -2.47. The van der Waals surface area contributed by atoms with Crippen molar-refractivity contribution in [2.75, 3.05) is 13.2 Å². The Morgan fingerprint density at radius 3 is 2.65 bits per heavy atom. The van der Waals surface area contributed by atoms with E-state index in [4.69, 9.17) is 4.74 Å². The summed E-state index contributed by atoms with van der Waals surface area (Å²) in [7, 11) is 0. The standard InChI is InChI=1S/C20H25NO2/c1-4-7-8-12-15-19(18-13-10-9-11-14-18)21(16-5-2)20(22)23-17-6-3/h5-6,9-11,13-14,19H,2-4,7-8,16-17H2,1H3. The first-order chi connectivity index (χ1) is 11.2. The normalized spacial score (nSPS) is 10.8. The zero-order valence-electron chi connectivity index (χ0n) is 13.8. The van der Waals surface area contributed by atoms with Crippen molar-refractivity contribution in [2.45, 2.75) is 32.2 Å². The van der Waals surface area contributed by atoms with E-state index in [0.29, 0.717) is 6.54 Å². The van der Waals surface area contributed by atoms with Crippen molar-refractivity contribution >= 4 is 6.09 Å². The van der Waals surface area contributed by atoms with Crippen molar-refractivity contribution in [1.82, 2.24) is 4.90 Å². The first kappa shape index (κ1) is 18.6. The third kappa shape index (κ3) is 6.44. The minimum Gasteiger partial charge on any atom is -0.445 e. The summed E-state index contributed by atoms with van der Waals surface area (Å²) in [5, 5.41) is 0. The molecule has 1 aromatic carbocycles. The summed E-state index contributed by atoms with van der Waals surface area (Å²) >= 11 is 0. The van der Waals surface area contributed by atoms with Gasteiger partial charge in [0.25, 0.3) is 0 Å². The topological polar surface area (TPSA) is 29.5 Å². The number of ether oxygens (including phenoxy) is 1. The zero-order valence-corrected chi connectivity index (χ0v) is 13.8. The summed E-state index contributed by atoms with van der Waals surface area (Å²) in [6, 6.07) is 9.42.